The Kier molecular flexibility index (Phi) is 3.12. The normalized spacial score (nSPS) is 22.1. The molecule has 1 rings (SSSR count). The highest BCUT2D eigenvalue weighted by Crippen LogP contribution is 2.23. The van der Waals surface area contributed by atoms with E-state index >= 15 is 0 Å². The van der Waals surface area contributed by atoms with Crippen LogP contribution in [-0.2, 0) is 4.79 Å². The van der Waals surface area contributed by atoms with Gasteiger partial charge in [0.15, 0.2) is 0 Å². The van der Waals surface area contributed by atoms with Crippen LogP contribution >= 0.6 is 0 Å². The van der Waals surface area contributed by atoms with Crippen molar-refractivity contribution in [2.24, 2.45) is 11.3 Å². The van der Waals surface area contributed by atoms with Gasteiger partial charge in [-0.25, -0.2) is 0 Å². The van der Waals surface area contributed by atoms with Crippen LogP contribution in [0.15, 0.2) is 0 Å². The Hall–Kier alpha value is -1.08. The highest BCUT2D eigenvalue weighted by molar-refractivity contribution is 5.84. The van der Waals surface area contributed by atoms with Gasteiger partial charge in [0.2, 0.25) is 5.91 Å². The molecule has 1 fully saturated rings. The SMILES string of the molecule is CC(C)(C#N)C(=O)N1CCC(CO)C1. The molecule has 0 aromatic heterocycles. The molecule has 78 valence electrons. The van der Waals surface area contributed by atoms with Gasteiger partial charge in [-0.1, -0.05) is 0 Å². The van der Waals surface area contributed by atoms with Gasteiger partial charge in [-0.15, -0.1) is 0 Å². The maximum Gasteiger partial charge on any atom is 0.242 e. The molecule has 0 aliphatic carbocycles. The second-order valence-corrected chi connectivity index (χ2v) is 4.33. The molecule has 14 heavy (non-hydrogen) atoms. The average molecular weight is 196 g/mol. The van der Waals surface area contributed by atoms with E-state index in [1.165, 1.54) is 0 Å². The van der Waals surface area contributed by atoms with Crippen molar-refractivity contribution in [1.82, 2.24) is 4.90 Å². The summed E-state index contributed by atoms with van der Waals surface area (Å²) in [7, 11) is 0. The van der Waals surface area contributed by atoms with E-state index in [2.05, 4.69) is 0 Å². The molecule has 1 N–H and O–H groups in total. The maximum atomic E-state index is 11.8. The van der Waals surface area contributed by atoms with Crippen LogP contribution < -0.4 is 0 Å². The molecular weight excluding hydrogens is 180 g/mol. The minimum atomic E-state index is -0.940. The quantitative estimate of drug-likeness (QED) is 0.694. The Labute approximate surface area is 84.1 Å². The molecule has 0 aromatic carbocycles. The number of aliphatic hydroxyl groups excluding tert-OH is 1. The fourth-order valence-corrected chi connectivity index (χ4v) is 1.61. The molecule has 0 radical (unpaired) electrons. The fourth-order valence-electron chi connectivity index (χ4n) is 1.61. The lowest BCUT2D eigenvalue weighted by molar-refractivity contribution is -0.136. The first-order valence-corrected chi connectivity index (χ1v) is 4.82. The van der Waals surface area contributed by atoms with Crippen molar-refractivity contribution in [2.45, 2.75) is 20.3 Å². The zero-order valence-corrected chi connectivity index (χ0v) is 8.66. The second kappa shape index (κ2) is 3.97. The number of amides is 1. The predicted octanol–water partition coefficient (Wildman–Crippen LogP) is 0.377. The van der Waals surface area contributed by atoms with Crippen molar-refractivity contribution in [1.29, 1.82) is 5.26 Å². The number of aliphatic hydroxyl groups is 1. The fraction of sp³-hybridized carbons (Fsp3) is 0.800. The van der Waals surface area contributed by atoms with Crippen LogP contribution in [0.25, 0.3) is 0 Å². The number of rotatable bonds is 2. The van der Waals surface area contributed by atoms with Crippen molar-refractivity contribution >= 4 is 5.91 Å². The number of carbonyl (C=O) groups excluding carboxylic acids is 1. The van der Waals surface area contributed by atoms with Gasteiger partial charge < -0.3 is 10.0 Å². The van der Waals surface area contributed by atoms with Crippen LogP contribution in [0.3, 0.4) is 0 Å². The molecule has 1 aliphatic rings. The Bertz CT molecular complexity index is 268. The first-order chi connectivity index (χ1) is 6.51. The van der Waals surface area contributed by atoms with Gasteiger partial charge in [0, 0.05) is 25.6 Å². The molecule has 4 heteroatoms. The van der Waals surface area contributed by atoms with E-state index in [1.54, 1.807) is 18.7 Å². The zero-order valence-electron chi connectivity index (χ0n) is 8.66. The average Bonchev–Trinajstić information content (AvgIpc) is 2.64. The van der Waals surface area contributed by atoms with Crippen molar-refractivity contribution in [3.63, 3.8) is 0 Å². The summed E-state index contributed by atoms with van der Waals surface area (Å²) in [6.45, 7) is 4.62. The smallest absolute Gasteiger partial charge is 0.242 e. The van der Waals surface area contributed by atoms with Crippen LogP contribution in [0.2, 0.25) is 0 Å². The Morgan fingerprint density at radius 3 is 2.79 bits per heavy atom. The molecule has 0 spiro atoms. The molecule has 0 aromatic rings. The standard InChI is InChI=1S/C10H16N2O2/c1-10(2,7-11)9(14)12-4-3-8(5-12)6-13/h8,13H,3-6H2,1-2H3. The molecule has 1 atom stereocenters. The zero-order chi connectivity index (χ0) is 10.8. The third-order valence-electron chi connectivity index (χ3n) is 2.65. The van der Waals surface area contributed by atoms with Gasteiger partial charge >= 0.3 is 0 Å². The summed E-state index contributed by atoms with van der Waals surface area (Å²) in [4.78, 5) is 13.5. The first-order valence-electron chi connectivity index (χ1n) is 4.82. The van der Waals surface area contributed by atoms with E-state index in [0.717, 1.165) is 6.42 Å². The summed E-state index contributed by atoms with van der Waals surface area (Å²) >= 11 is 0. The van der Waals surface area contributed by atoms with E-state index in [1.807, 2.05) is 6.07 Å². The lowest BCUT2D eigenvalue weighted by Gasteiger charge is -2.23. The lowest BCUT2D eigenvalue weighted by Crippen LogP contribution is -2.38. The third kappa shape index (κ3) is 2.05. The van der Waals surface area contributed by atoms with Gasteiger partial charge in [0.05, 0.1) is 6.07 Å². The number of hydrogen-bond acceptors (Lipinski definition) is 3. The van der Waals surface area contributed by atoms with Crippen LogP contribution in [-0.4, -0.2) is 35.6 Å². The lowest BCUT2D eigenvalue weighted by atomic mass is 9.94. The molecule has 1 amide bonds. The van der Waals surface area contributed by atoms with Gasteiger partial charge in [-0.2, -0.15) is 5.26 Å². The summed E-state index contributed by atoms with van der Waals surface area (Å²) in [5.74, 6) is 0.0596. The van der Waals surface area contributed by atoms with Crippen LogP contribution in [0, 0.1) is 22.7 Å². The number of likely N-dealkylation sites (tertiary alicyclic amines) is 1. The third-order valence-corrected chi connectivity index (χ3v) is 2.65. The molecule has 4 nitrogen and oxygen atoms in total. The van der Waals surface area contributed by atoms with E-state index in [9.17, 15) is 4.79 Å². The summed E-state index contributed by atoms with van der Waals surface area (Å²) in [5.41, 5.74) is -0.940. The summed E-state index contributed by atoms with van der Waals surface area (Å²) < 4.78 is 0. The molecule has 0 bridgehead atoms. The van der Waals surface area contributed by atoms with Crippen molar-refractivity contribution < 1.29 is 9.90 Å². The molecule has 0 saturated carbocycles. The Balaban J connectivity index is 2.61. The molecule has 1 aliphatic heterocycles. The maximum absolute atomic E-state index is 11.8. The van der Waals surface area contributed by atoms with Gasteiger partial charge in [-0.3, -0.25) is 4.79 Å². The van der Waals surface area contributed by atoms with Crippen LogP contribution in [0.4, 0.5) is 0 Å². The predicted molar refractivity (Wildman–Crippen MR) is 51.2 cm³/mol. The van der Waals surface area contributed by atoms with Gasteiger partial charge in [0.25, 0.3) is 0 Å². The van der Waals surface area contributed by atoms with Gasteiger partial charge in [0.1, 0.15) is 5.41 Å². The minimum absolute atomic E-state index is 0.122. The van der Waals surface area contributed by atoms with Crippen LogP contribution in [0.5, 0.6) is 0 Å². The van der Waals surface area contributed by atoms with E-state index in [-0.39, 0.29) is 18.4 Å². The van der Waals surface area contributed by atoms with E-state index in [0.29, 0.717) is 13.1 Å². The van der Waals surface area contributed by atoms with Crippen LogP contribution in [0.1, 0.15) is 20.3 Å². The van der Waals surface area contributed by atoms with Crippen molar-refractivity contribution in [3.05, 3.63) is 0 Å². The molecule has 1 saturated heterocycles. The minimum Gasteiger partial charge on any atom is -0.396 e. The number of hydrogen-bond donors (Lipinski definition) is 1. The first kappa shape index (κ1) is 11.0. The van der Waals surface area contributed by atoms with E-state index < -0.39 is 5.41 Å². The molecular formula is C10H16N2O2. The monoisotopic (exact) mass is 196 g/mol. The highest BCUT2D eigenvalue weighted by atomic mass is 16.3. The highest BCUT2D eigenvalue weighted by Gasteiger charge is 2.35. The Morgan fingerprint density at radius 1 is 1.71 bits per heavy atom. The van der Waals surface area contributed by atoms with Crippen molar-refractivity contribution in [2.75, 3.05) is 19.7 Å². The number of nitrogens with zero attached hydrogens (tertiary/aromatic N) is 2. The van der Waals surface area contributed by atoms with Crippen molar-refractivity contribution in [3.8, 4) is 6.07 Å². The Morgan fingerprint density at radius 2 is 2.36 bits per heavy atom. The summed E-state index contributed by atoms with van der Waals surface area (Å²) in [6, 6.07) is 2.00. The van der Waals surface area contributed by atoms with E-state index in [4.69, 9.17) is 10.4 Å². The summed E-state index contributed by atoms with van der Waals surface area (Å²) in [5, 5.41) is 17.7. The number of nitriles is 1. The largest absolute Gasteiger partial charge is 0.396 e. The summed E-state index contributed by atoms with van der Waals surface area (Å²) in [6.07, 6.45) is 0.837. The topological polar surface area (TPSA) is 64.3 Å². The second-order valence-electron chi connectivity index (χ2n) is 4.33. The van der Waals surface area contributed by atoms with Gasteiger partial charge in [-0.05, 0) is 20.3 Å². The molecule has 1 heterocycles. The number of carbonyl (C=O) groups is 1. The molecule has 1 unspecified atom stereocenters.